The molecule has 1 heterocycles. The number of Topliss-reactive ketones (excluding diaryl/α,β-unsaturated/α-hetero) is 1. The van der Waals surface area contributed by atoms with Crippen molar-refractivity contribution in [1.82, 2.24) is 9.78 Å². The Morgan fingerprint density at radius 3 is 2.62 bits per heavy atom. The Balaban J connectivity index is 2.00. The smallest absolute Gasteiger partial charge is 0.358 e. The standard InChI is InChI=1S/C15H16N2O4/c1-3-20-15(19)12-9-14(17(2)16-12)21-10-13(18)11-7-5-4-6-8-11/h4-9H,3,10H2,1-2H3. The number of esters is 1. The second-order valence-corrected chi connectivity index (χ2v) is 4.29. The predicted molar refractivity (Wildman–Crippen MR) is 75.4 cm³/mol. The maximum absolute atomic E-state index is 11.9. The molecule has 0 fully saturated rings. The summed E-state index contributed by atoms with van der Waals surface area (Å²) in [5.74, 6) is -0.325. The fourth-order valence-electron chi connectivity index (χ4n) is 1.74. The molecular weight excluding hydrogens is 272 g/mol. The number of carbonyl (C=O) groups is 2. The summed E-state index contributed by atoms with van der Waals surface area (Å²) in [5.41, 5.74) is 0.729. The Morgan fingerprint density at radius 2 is 1.95 bits per heavy atom. The number of hydrogen-bond acceptors (Lipinski definition) is 5. The molecule has 6 nitrogen and oxygen atoms in total. The molecule has 2 aromatic rings. The topological polar surface area (TPSA) is 70.4 Å². The van der Waals surface area contributed by atoms with Crippen molar-refractivity contribution in [3.05, 3.63) is 47.7 Å². The molecule has 0 aliphatic heterocycles. The van der Waals surface area contributed by atoms with Gasteiger partial charge in [0.25, 0.3) is 0 Å². The van der Waals surface area contributed by atoms with Gasteiger partial charge in [0.15, 0.2) is 18.1 Å². The van der Waals surface area contributed by atoms with Crippen molar-refractivity contribution in [1.29, 1.82) is 0 Å². The molecule has 0 atom stereocenters. The Kier molecular flexibility index (Phi) is 4.71. The lowest BCUT2D eigenvalue weighted by Crippen LogP contribution is -2.13. The van der Waals surface area contributed by atoms with Crippen LogP contribution in [0.2, 0.25) is 0 Å². The molecular formula is C15H16N2O4. The van der Waals surface area contributed by atoms with Crippen LogP contribution in [0.4, 0.5) is 0 Å². The highest BCUT2D eigenvalue weighted by Crippen LogP contribution is 2.13. The number of ether oxygens (including phenoxy) is 2. The molecule has 0 unspecified atom stereocenters. The lowest BCUT2D eigenvalue weighted by Gasteiger charge is -2.04. The normalized spacial score (nSPS) is 10.2. The van der Waals surface area contributed by atoms with E-state index in [9.17, 15) is 9.59 Å². The van der Waals surface area contributed by atoms with Crippen molar-refractivity contribution in [2.75, 3.05) is 13.2 Å². The van der Waals surface area contributed by atoms with E-state index >= 15 is 0 Å². The van der Waals surface area contributed by atoms with Crippen LogP contribution in [-0.4, -0.2) is 34.7 Å². The van der Waals surface area contributed by atoms with Crippen LogP contribution in [0.5, 0.6) is 5.88 Å². The molecule has 0 radical (unpaired) electrons. The molecule has 0 saturated heterocycles. The molecule has 2 rings (SSSR count). The Bertz CT molecular complexity index is 634. The number of ketones is 1. The summed E-state index contributed by atoms with van der Waals surface area (Å²) in [5, 5.41) is 3.99. The molecule has 6 heteroatoms. The van der Waals surface area contributed by atoms with Gasteiger partial charge < -0.3 is 9.47 Å². The van der Waals surface area contributed by atoms with E-state index in [0.29, 0.717) is 11.4 Å². The van der Waals surface area contributed by atoms with Crippen LogP contribution in [-0.2, 0) is 11.8 Å². The minimum atomic E-state index is -0.516. The molecule has 0 bridgehead atoms. The summed E-state index contributed by atoms with van der Waals surface area (Å²) in [6.07, 6.45) is 0. The fraction of sp³-hybridized carbons (Fsp3) is 0.267. The van der Waals surface area contributed by atoms with Gasteiger partial charge >= 0.3 is 5.97 Å². The van der Waals surface area contributed by atoms with Gasteiger partial charge in [0, 0.05) is 18.7 Å². The third-order valence-electron chi connectivity index (χ3n) is 2.77. The van der Waals surface area contributed by atoms with Crippen LogP contribution in [0.15, 0.2) is 36.4 Å². The average Bonchev–Trinajstić information content (AvgIpc) is 2.87. The van der Waals surface area contributed by atoms with E-state index < -0.39 is 5.97 Å². The molecule has 0 aliphatic rings. The summed E-state index contributed by atoms with van der Waals surface area (Å²) in [4.78, 5) is 23.5. The van der Waals surface area contributed by atoms with E-state index in [1.165, 1.54) is 10.7 Å². The molecule has 21 heavy (non-hydrogen) atoms. The van der Waals surface area contributed by atoms with Crippen molar-refractivity contribution in [2.45, 2.75) is 6.92 Å². The summed E-state index contributed by atoms with van der Waals surface area (Å²) in [7, 11) is 1.63. The molecule has 0 spiro atoms. The Morgan fingerprint density at radius 1 is 1.24 bits per heavy atom. The molecule has 0 amide bonds. The van der Waals surface area contributed by atoms with Crippen molar-refractivity contribution < 1.29 is 19.1 Å². The first-order chi connectivity index (χ1) is 10.1. The maximum atomic E-state index is 11.9. The predicted octanol–water partition coefficient (Wildman–Crippen LogP) is 1.86. The number of carbonyl (C=O) groups excluding carboxylic acids is 2. The number of nitrogens with zero attached hydrogens (tertiary/aromatic N) is 2. The molecule has 1 aromatic carbocycles. The first-order valence-electron chi connectivity index (χ1n) is 6.54. The summed E-state index contributed by atoms with van der Waals surface area (Å²) in [6, 6.07) is 10.3. The molecule has 0 saturated carbocycles. The average molecular weight is 288 g/mol. The third kappa shape index (κ3) is 3.68. The van der Waals surface area contributed by atoms with Crippen LogP contribution >= 0.6 is 0 Å². The van der Waals surface area contributed by atoms with Crippen LogP contribution < -0.4 is 4.74 Å². The number of aromatic nitrogens is 2. The monoisotopic (exact) mass is 288 g/mol. The van der Waals surface area contributed by atoms with E-state index in [0.717, 1.165) is 0 Å². The zero-order valence-electron chi connectivity index (χ0n) is 11.9. The van der Waals surface area contributed by atoms with Crippen molar-refractivity contribution in [2.24, 2.45) is 7.05 Å². The van der Waals surface area contributed by atoms with Crippen LogP contribution in [0.3, 0.4) is 0 Å². The zero-order valence-corrected chi connectivity index (χ0v) is 11.9. The van der Waals surface area contributed by atoms with E-state index in [1.807, 2.05) is 6.07 Å². The highest BCUT2D eigenvalue weighted by molar-refractivity contribution is 5.97. The minimum Gasteiger partial charge on any atom is -0.469 e. The van der Waals surface area contributed by atoms with E-state index in [4.69, 9.17) is 9.47 Å². The summed E-state index contributed by atoms with van der Waals surface area (Å²) in [6.45, 7) is 1.88. The van der Waals surface area contributed by atoms with Gasteiger partial charge in [-0.1, -0.05) is 30.3 Å². The highest BCUT2D eigenvalue weighted by atomic mass is 16.5. The molecule has 0 N–H and O–H groups in total. The molecule has 0 aliphatic carbocycles. The maximum Gasteiger partial charge on any atom is 0.358 e. The SMILES string of the molecule is CCOC(=O)c1cc(OCC(=O)c2ccccc2)n(C)n1. The van der Waals surface area contributed by atoms with Gasteiger partial charge in [-0.15, -0.1) is 0 Å². The quantitative estimate of drug-likeness (QED) is 0.599. The van der Waals surface area contributed by atoms with Crippen molar-refractivity contribution >= 4 is 11.8 Å². The van der Waals surface area contributed by atoms with Crippen LogP contribution in [0.25, 0.3) is 0 Å². The number of benzene rings is 1. The summed E-state index contributed by atoms with van der Waals surface area (Å²) >= 11 is 0. The lowest BCUT2D eigenvalue weighted by molar-refractivity contribution is 0.0518. The highest BCUT2D eigenvalue weighted by Gasteiger charge is 2.15. The Hall–Kier alpha value is -2.63. The van der Waals surface area contributed by atoms with Crippen LogP contribution in [0.1, 0.15) is 27.8 Å². The Labute approximate surface area is 122 Å². The van der Waals surface area contributed by atoms with Gasteiger partial charge in [0.05, 0.1) is 6.61 Å². The third-order valence-corrected chi connectivity index (χ3v) is 2.77. The van der Waals surface area contributed by atoms with Gasteiger partial charge in [-0.3, -0.25) is 4.79 Å². The number of aryl methyl sites for hydroxylation is 1. The van der Waals surface area contributed by atoms with Gasteiger partial charge in [-0.2, -0.15) is 5.10 Å². The first kappa shape index (κ1) is 14.8. The van der Waals surface area contributed by atoms with Crippen molar-refractivity contribution in [3.8, 4) is 5.88 Å². The van der Waals surface area contributed by atoms with Gasteiger partial charge in [0.2, 0.25) is 5.88 Å². The number of rotatable bonds is 6. The second-order valence-electron chi connectivity index (χ2n) is 4.29. The van der Waals surface area contributed by atoms with Crippen LogP contribution in [0, 0.1) is 0 Å². The van der Waals surface area contributed by atoms with Gasteiger partial charge in [-0.25, -0.2) is 9.48 Å². The van der Waals surface area contributed by atoms with Crippen molar-refractivity contribution in [3.63, 3.8) is 0 Å². The fourth-order valence-corrected chi connectivity index (χ4v) is 1.74. The second kappa shape index (κ2) is 6.69. The van der Waals surface area contributed by atoms with Gasteiger partial charge in [-0.05, 0) is 6.92 Å². The summed E-state index contributed by atoms with van der Waals surface area (Å²) < 4.78 is 11.7. The first-order valence-corrected chi connectivity index (χ1v) is 6.54. The molecule has 1 aromatic heterocycles. The minimum absolute atomic E-state index is 0.119. The lowest BCUT2D eigenvalue weighted by atomic mass is 10.1. The van der Waals surface area contributed by atoms with Gasteiger partial charge in [0.1, 0.15) is 0 Å². The zero-order chi connectivity index (χ0) is 15.2. The van der Waals surface area contributed by atoms with E-state index in [2.05, 4.69) is 5.10 Å². The largest absolute Gasteiger partial charge is 0.469 e. The van der Waals surface area contributed by atoms with E-state index in [-0.39, 0.29) is 24.7 Å². The van der Waals surface area contributed by atoms with E-state index in [1.54, 1.807) is 38.2 Å². The molecule has 110 valence electrons. The number of hydrogen-bond donors (Lipinski definition) is 0.